The van der Waals surface area contributed by atoms with Gasteiger partial charge in [0.15, 0.2) is 0 Å². The Bertz CT molecular complexity index is 529. The number of carbonyl (C=O) groups is 2. The van der Waals surface area contributed by atoms with Crippen molar-refractivity contribution in [3.63, 3.8) is 0 Å². The molecule has 0 heterocycles. The predicted octanol–water partition coefficient (Wildman–Crippen LogP) is 2.10. The van der Waals surface area contributed by atoms with Gasteiger partial charge in [0.1, 0.15) is 11.3 Å². The third kappa shape index (κ3) is 5.47. The fourth-order valence-corrected chi connectivity index (χ4v) is 1.53. The molecule has 0 saturated carbocycles. The van der Waals surface area contributed by atoms with Crippen LogP contribution in [0.1, 0.15) is 37.0 Å². The molecule has 0 spiro atoms. The number of rotatable bonds is 7. The Labute approximate surface area is 120 Å². The van der Waals surface area contributed by atoms with Crippen LogP contribution in [0.15, 0.2) is 24.3 Å². The van der Waals surface area contributed by atoms with Gasteiger partial charge in [0.05, 0.1) is 0 Å². The van der Waals surface area contributed by atoms with Crippen molar-refractivity contribution in [1.82, 2.24) is 0 Å². The van der Waals surface area contributed by atoms with Gasteiger partial charge in [-0.25, -0.2) is 4.79 Å². The summed E-state index contributed by atoms with van der Waals surface area (Å²) in [5, 5.41) is 9.32. The Balaban J connectivity index is 2.86. The second-order valence-corrected chi connectivity index (χ2v) is 4.04. The minimum Gasteiger partial charge on any atom is -0.431 e. The Kier molecular flexibility index (Phi) is 6.12. The normalized spacial score (nSPS) is 11.3. The highest BCUT2D eigenvalue weighted by molar-refractivity contribution is 5.93. The van der Waals surface area contributed by atoms with Gasteiger partial charge in [-0.1, -0.05) is 25.5 Å². The lowest BCUT2D eigenvalue weighted by atomic mass is 10.2. The van der Waals surface area contributed by atoms with Gasteiger partial charge >= 0.3 is 11.9 Å². The van der Waals surface area contributed by atoms with Crippen molar-refractivity contribution in [1.29, 1.82) is 0 Å². The molecule has 1 unspecified atom stereocenters. The average Bonchev–Trinajstić information content (AvgIpc) is 2.38. The lowest BCUT2D eigenvalue weighted by Crippen LogP contribution is -2.24. The topological polar surface area (TPSA) is 105 Å². The summed E-state index contributed by atoms with van der Waals surface area (Å²) in [7, 11) is 0. The minimum atomic E-state index is -1.30. The number of hydrogen-bond acceptors (Lipinski definition) is 7. The molecule has 1 aromatic rings. The first-order chi connectivity index (χ1) is 9.93. The van der Waals surface area contributed by atoms with Gasteiger partial charge < -0.3 is 9.47 Å². The van der Waals surface area contributed by atoms with Crippen molar-refractivity contribution in [2.24, 2.45) is 0 Å². The van der Waals surface area contributed by atoms with Gasteiger partial charge in [-0.2, -0.15) is 0 Å². The molecule has 114 valence electrons. The third-order valence-corrected chi connectivity index (χ3v) is 2.33. The molecule has 0 saturated heterocycles. The number of esters is 2. The molecular formula is C13H15NO7. The number of carbonyl (C=O) groups excluding carboxylic acids is 2. The highest BCUT2D eigenvalue weighted by Gasteiger charge is 2.21. The second kappa shape index (κ2) is 7.83. The summed E-state index contributed by atoms with van der Waals surface area (Å²) in [5.74, 6) is -1.44. The summed E-state index contributed by atoms with van der Waals surface area (Å²) < 4.78 is 9.79. The first kappa shape index (κ1) is 16.4. The molecule has 21 heavy (non-hydrogen) atoms. The first-order valence-electron chi connectivity index (χ1n) is 6.23. The van der Waals surface area contributed by atoms with Gasteiger partial charge in [-0.15, -0.1) is 10.1 Å². The maximum absolute atomic E-state index is 12.0. The van der Waals surface area contributed by atoms with Crippen molar-refractivity contribution in [3.8, 4) is 5.75 Å². The summed E-state index contributed by atoms with van der Waals surface area (Å²) in [6, 6.07) is 5.93. The molecule has 8 nitrogen and oxygen atoms in total. The molecule has 8 heteroatoms. The Morgan fingerprint density at radius 2 is 2.00 bits per heavy atom. The van der Waals surface area contributed by atoms with Gasteiger partial charge in [-0.05, 0) is 12.1 Å². The number of hydrogen-bond donors (Lipinski definition) is 0. The van der Waals surface area contributed by atoms with E-state index in [1.54, 1.807) is 19.1 Å². The van der Waals surface area contributed by atoms with Crippen LogP contribution in [0.25, 0.3) is 0 Å². The Morgan fingerprint density at radius 3 is 2.57 bits per heavy atom. The van der Waals surface area contributed by atoms with Gasteiger partial charge in [0, 0.05) is 13.3 Å². The molecular weight excluding hydrogens is 282 g/mol. The zero-order chi connectivity index (χ0) is 15.8. The summed E-state index contributed by atoms with van der Waals surface area (Å²) in [4.78, 5) is 37.6. The van der Waals surface area contributed by atoms with Crippen LogP contribution >= 0.6 is 0 Å². The quantitative estimate of drug-likeness (QED) is 0.249. The van der Waals surface area contributed by atoms with Crippen LogP contribution in [0.3, 0.4) is 0 Å². The monoisotopic (exact) mass is 297 g/mol. The summed E-state index contributed by atoms with van der Waals surface area (Å²) >= 11 is 0. The van der Waals surface area contributed by atoms with Gasteiger partial charge in [0.2, 0.25) is 6.29 Å². The van der Waals surface area contributed by atoms with Crippen LogP contribution in [0, 0.1) is 10.1 Å². The van der Waals surface area contributed by atoms with E-state index in [1.807, 2.05) is 0 Å². The summed E-state index contributed by atoms with van der Waals surface area (Å²) in [5.41, 5.74) is -0.0132. The fourth-order valence-electron chi connectivity index (χ4n) is 1.53. The molecule has 0 aliphatic rings. The van der Waals surface area contributed by atoms with Crippen LogP contribution in [0.4, 0.5) is 0 Å². The van der Waals surface area contributed by atoms with Crippen LogP contribution in [0.5, 0.6) is 5.75 Å². The molecule has 0 amide bonds. The van der Waals surface area contributed by atoms with Crippen LogP contribution < -0.4 is 4.74 Å². The maximum atomic E-state index is 12.0. The zero-order valence-electron chi connectivity index (χ0n) is 11.6. The van der Waals surface area contributed by atoms with E-state index in [-0.39, 0.29) is 17.7 Å². The third-order valence-electron chi connectivity index (χ3n) is 2.33. The van der Waals surface area contributed by atoms with Crippen molar-refractivity contribution >= 4 is 11.9 Å². The number of para-hydroxylation sites is 1. The van der Waals surface area contributed by atoms with E-state index >= 15 is 0 Å². The van der Waals surface area contributed by atoms with E-state index in [0.29, 0.717) is 6.42 Å². The molecule has 0 aliphatic heterocycles. The predicted molar refractivity (Wildman–Crippen MR) is 69.9 cm³/mol. The number of nitrogens with zero attached hydrogens (tertiary/aromatic N) is 1. The number of benzene rings is 1. The van der Waals surface area contributed by atoms with E-state index in [2.05, 4.69) is 4.84 Å². The molecule has 1 aromatic carbocycles. The average molecular weight is 297 g/mol. The Morgan fingerprint density at radius 1 is 1.33 bits per heavy atom. The van der Waals surface area contributed by atoms with Gasteiger partial charge in [0.25, 0.3) is 5.09 Å². The molecule has 0 radical (unpaired) electrons. The molecule has 1 atom stereocenters. The zero-order valence-corrected chi connectivity index (χ0v) is 11.6. The van der Waals surface area contributed by atoms with E-state index in [1.165, 1.54) is 19.1 Å². The molecule has 0 bridgehead atoms. The second-order valence-electron chi connectivity index (χ2n) is 4.04. The molecule has 0 N–H and O–H groups in total. The number of ether oxygens (including phenoxy) is 2. The molecule has 0 fully saturated rings. The lowest BCUT2D eigenvalue weighted by molar-refractivity contribution is -0.779. The van der Waals surface area contributed by atoms with Crippen LogP contribution in [0.2, 0.25) is 0 Å². The van der Waals surface area contributed by atoms with Crippen molar-refractivity contribution < 1.29 is 29.0 Å². The summed E-state index contributed by atoms with van der Waals surface area (Å²) in [6.07, 6.45) is -0.609. The van der Waals surface area contributed by atoms with E-state index in [4.69, 9.17) is 9.47 Å². The Hall–Kier alpha value is -2.64. The van der Waals surface area contributed by atoms with E-state index in [0.717, 1.165) is 0 Å². The van der Waals surface area contributed by atoms with Crippen LogP contribution in [-0.2, 0) is 14.4 Å². The summed E-state index contributed by atoms with van der Waals surface area (Å²) in [6.45, 7) is 2.95. The largest absolute Gasteiger partial charge is 0.431 e. The lowest BCUT2D eigenvalue weighted by Gasteiger charge is -2.15. The van der Waals surface area contributed by atoms with E-state index in [9.17, 15) is 19.7 Å². The molecule has 1 rings (SSSR count). The highest BCUT2D eigenvalue weighted by atomic mass is 17.0. The standard InChI is InChI=1S/C13H15NO7/c1-3-6-12(21-14(17)18)20-13(16)10-7-4-5-8-11(10)19-9(2)15/h4-5,7-8,12H,3,6H2,1-2H3. The van der Waals surface area contributed by atoms with Crippen molar-refractivity contribution in [2.75, 3.05) is 0 Å². The van der Waals surface area contributed by atoms with Crippen LogP contribution in [-0.4, -0.2) is 23.3 Å². The molecule has 0 aromatic heterocycles. The molecule has 0 aliphatic carbocycles. The van der Waals surface area contributed by atoms with E-state index < -0.39 is 23.3 Å². The fraction of sp³-hybridized carbons (Fsp3) is 0.385. The van der Waals surface area contributed by atoms with Crippen molar-refractivity contribution in [3.05, 3.63) is 39.9 Å². The van der Waals surface area contributed by atoms with Gasteiger partial charge in [-0.3, -0.25) is 9.63 Å². The minimum absolute atomic E-state index is 0.0132. The smallest absolute Gasteiger partial charge is 0.344 e. The first-order valence-corrected chi connectivity index (χ1v) is 6.23. The SMILES string of the molecule is CCCC(OC(=O)c1ccccc1OC(C)=O)O[N+](=O)[O-]. The maximum Gasteiger partial charge on any atom is 0.344 e. The van der Waals surface area contributed by atoms with Crippen molar-refractivity contribution in [2.45, 2.75) is 33.0 Å². The highest BCUT2D eigenvalue weighted by Crippen LogP contribution is 2.20.